The summed E-state index contributed by atoms with van der Waals surface area (Å²) >= 11 is 11.2. The number of nitrogens with one attached hydrogen (secondary N) is 2. The Morgan fingerprint density at radius 1 is 1.07 bits per heavy atom. The fraction of sp³-hybridized carbons (Fsp3) is 0.0476. The zero-order chi connectivity index (χ0) is 19.2. The number of amides is 1. The molecule has 4 nitrogen and oxygen atoms in total. The molecule has 27 heavy (non-hydrogen) atoms. The predicted molar refractivity (Wildman–Crippen MR) is 114 cm³/mol. The van der Waals surface area contributed by atoms with Gasteiger partial charge >= 0.3 is 0 Å². The minimum Gasteiger partial charge on any atom is -0.457 e. The number of furan rings is 1. The van der Waals surface area contributed by atoms with Gasteiger partial charge in [-0.15, -0.1) is 0 Å². The molecule has 136 valence electrons. The van der Waals surface area contributed by atoms with Gasteiger partial charge in [0.15, 0.2) is 5.11 Å². The van der Waals surface area contributed by atoms with Gasteiger partial charge < -0.3 is 9.73 Å². The minimum atomic E-state index is -0.357. The van der Waals surface area contributed by atoms with Crippen molar-refractivity contribution >= 4 is 46.6 Å². The average molecular weight is 397 g/mol. The van der Waals surface area contributed by atoms with Gasteiger partial charge in [-0.25, -0.2) is 0 Å². The molecule has 0 aliphatic heterocycles. The van der Waals surface area contributed by atoms with E-state index in [-0.39, 0.29) is 11.0 Å². The summed E-state index contributed by atoms with van der Waals surface area (Å²) in [5.41, 5.74) is 2.58. The lowest BCUT2D eigenvalue weighted by Gasteiger charge is -2.11. The van der Waals surface area contributed by atoms with Gasteiger partial charge in [-0.05, 0) is 55.0 Å². The van der Waals surface area contributed by atoms with Gasteiger partial charge in [0.1, 0.15) is 11.5 Å². The van der Waals surface area contributed by atoms with Crippen molar-refractivity contribution in [1.82, 2.24) is 5.32 Å². The molecule has 0 aliphatic rings. The molecular weight excluding hydrogens is 380 g/mol. The topological polar surface area (TPSA) is 54.3 Å². The van der Waals surface area contributed by atoms with Crippen LogP contribution in [0.2, 0.25) is 5.02 Å². The quantitative estimate of drug-likeness (QED) is 0.455. The zero-order valence-electron chi connectivity index (χ0n) is 14.5. The van der Waals surface area contributed by atoms with Crippen molar-refractivity contribution in [2.75, 3.05) is 5.32 Å². The van der Waals surface area contributed by atoms with E-state index < -0.39 is 0 Å². The summed E-state index contributed by atoms with van der Waals surface area (Å²) in [5.74, 6) is 0.961. The fourth-order valence-corrected chi connectivity index (χ4v) is 2.79. The van der Waals surface area contributed by atoms with E-state index in [1.165, 1.54) is 6.08 Å². The molecule has 3 rings (SSSR count). The number of rotatable bonds is 4. The molecule has 0 fully saturated rings. The van der Waals surface area contributed by atoms with E-state index in [4.69, 9.17) is 28.2 Å². The van der Waals surface area contributed by atoms with Gasteiger partial charge in [0.25, 0.3) is 0 Å². The van der Waals surface area contributed by atoms with Crippen molar-refractivity contribution in [3.63, 3.8) is 0 Å². The number of thiocarbonyl (C=S) groups is 1. The predicted octanol–water partition coefficient (Wildman–Crippen LogP) is 5.43. The van der Waals surface area contributed by atoms with Crippen LogP contribution in [0.25, 0.3) is 17.4 Å². The summed E-state index contributed by atoms with van der Waals surface area (Å²) < 4.78 is 5.72. The number of halogens is 1. The summed E-state index contributed by atoms with van der Waals surface area (Å²) in [6.45, 7) is 1.87. The van der Waals surface area contributed by atoms with E-state index in [9.17, 15) is 4.79 Å². The van der Waals surface area contributed by atoms with Crippen molar-refractivity contribution < 1.29 is 9.21 Å². The van der Waals surface area contributed by atoms with Crippen molar-refractivity contribution in [2.24, 2.45) is 0 Å². The lowest BCUT2D eigenvalue weighted by atomic mass is 10.2. The second kappa shape index (κ2) is 8.66. The Labute approximate surface area is 167 Å². The third kappa shape index (κ3) is 5.06. The standard InChI is InChI=1S/C21H17ClN2O2S/c1-14-17(22)8-5-9-18(14)23-21(27)24-20(25)13-11-16-10-12-19(26-16)15-6-3-2-4-7-15/h2-13H,1H3,(H2,23,24,25,27)/b13-11+. The number of hydrogen-bond donors (Lipinski definition) is 2. The Hall–Kier alpha value is -2.89. The van der Waals surface area contributed by atoms with E-state index in [1.54, 1.807) is 18.2 Å². The average Bonchev–Trinajstić information content (AvgIpc) is 3.14. The second-order valence-electron chi connectivity index (χ2n) is 5.76. The molecule has 0 saturated heterocycles. The van der Waals surface area contributed by atoms with Gasteiger partial charge in [0, 0.05) is 22.3 Å². The van der Waals surface area contributed by atoms with E-state index in [2.05, 4.69) is 10.6 Å². The van der Waals surface area contributed by atoms with Crippen LogP contribution in [-0.2, 0) is 4.79 Å². The lowest BCUT2D eigenvalue weighted by Crippen LogP contribution is -2.33. The highest BCUT2D eigenvalue weighted by molar-refractivity contribution is 7.80. The molecule has 2 N–H and O–H groups in total. The summed E-state index contributed by atoms with van der Waals surface area (Å²) in [5, 5.41) is 6.38. The first-order valence-electron chi connectivity index (χ1n) is 8.23. The van der Waals surface area contributed by atoms with Crippen molar-refractivity contribution in [1.29, 1.82) is 0 Å². The van der Waals surface area contributed by atoms with Crippen LogP contribution >= 0.6 is 23.8 Å². The Balaban J connectivity index is 1.58. The maximum absolute atomic E-state index is 12.1. The van der Waals surface area contributed by atoms with Gasteiger partial charge in [0.2, 0.25) is 5.91 Å². The fourth-order valence-electron chi connectivity index (χ4n) is 2.41. The summed E-state index contributed by atoms with van der Waals surface area (Å²) in [6.07, 6.45) is 2.96. The third-order valence-corrected chi connectivity index (χ3v) is 4.45. The Bertz CT molecular complexity index is 996. The molecule has 0 saturated carbocycles. The van der Waals surface area contributed by atoms with Crippen LogP contribution < -0.4 is 10.6 Å². The van der Waals surface area contributed by atoms with Crippen molar-refractivity contribution in [2.45, 2.75) is 6.92 Å². The molecule has 0 radical (unpaired) electrons. The number of anilines is 1. The normalized spacial score (nSPS) is 10.7. The molecule has 6 heteroatoms. The largest absolute Gasteiger partial charge is 0.457 e. The third-order valence-electron chi connectivity index (χ3n) is 3.84. The summed E-state index contributed by atoms with van der Waals surface area (Å²) in [6, 6.07) is 18.8. The first kappa shape index (κ1) is 18.9. The van der Waals surface area contributed by atoms with Crippen LogP contribution in [0.4, 0.5) is 5.69 Å². The first-order chi connectivity index (χ1) is 13.0. The number of carbonyl (C=O) groups excluding carboxylic acids is 1. The Morgan fingerprint density at radius 3 is 2.63 bits per heavy atom. The molecule has 1 amide bonds. The Kier molecular flexibility index (Phi) is 6.06. The second-order valence-corrected chi connectivity index (χ2v) is 6.57. The lowest BCUT2D eigenvalue weighted by molar-refractivity contribution is -0.115. The first-order valence-corrected chi connectivity index (χ1v) is 9.02. The monoisotopic (exact) mass is 396 g/mol. The number of benzene rings is 2. The summed E-state index contributed by atoms with van der Waals surface area (Å²) in [4.78, 5) is 12.1. The highest BCUT2D eigenvalue weighted by Crippen LogP contribution is 2.23. The highest BCUT2D eigenvalue weighted by atomic mass is 35.5. The van der Waals surface area contributed by atoms with Gasteiger partial charge in [-0.3, -0.25) is 10.1 Å². The molecule has 2 aromatic carbocycles. The van der Waals surface area contributed by atoms with E-state index >= 15 is 0 Å². The van der Waals surface area contributed by atoms with Crippen molar-refractivity contribution in [3.8, 4) is 11.3 Å². The zero-order valence-corrected chi connectivity index (χ0v) is 16.1. The number of carbonyl (C=O) groups is 1. The molecule has 0 atom stereocenters. The van der Waals surface area contributed by atoms with E-state index in [1.807, 2.05) is 55.5 Å². The van der Waals surface area contributed by atoms with Gasteiger partial charge in [0.05, 0.1) is 0 Å². The van der Waals surface area contributed by atoms with Crippen LogP contribution in [0.1, 0.15) is 11.3 Å². The van der Waals surface area contributed by atoms with Crippen LogP contribution in [-0.4, -0.2) is 11.0 Å². The summed E-state index contributed by atoms with van der Waals surface area (Å²) in [7, 11) is 0. The van der Waals surface area contributed by atoms with E-state index in [0.29, 0.717) is 10.8 Å². The molecule has 3 aromatic rings. The molecule has 0 spiro atoms. The molecule has 0 aliphatic carbocycles. The smallest absolute Gasteiger partial charge is 0.250 e. The van der Waals surface area contributed by atoms with Gasteiger partial charge in [-0.1, -0.05) is 48.0 Å². The molecule has 0 unspecified atom stereocenters. The molecular formula is C21H17ClN2O2S. The number of hydrogen-bond acceptors (Lipinski definition) is 3. The van der Waals surface area contributed by atoms with Crippen LogP contribution in [0, 0.1) is 6.92 Å². The van der Waals surface area contributed by atoms with Gasteiger partial charge in [-0.2, -0.15) is 0 Å². The van der Waals surface area contributed by atoms with Crippen LogP contribution in [0.15, 0.2) is 71.2 Å². The molecule has 0 bridgehead atoms. The van der Waals surface area contributed by atoms with Crippen molar-refractivity contribution in [3.05, 3.63) is 83.1 Å². The van der Waals surface area contributed by atoms with E-state index in [0.717, 1.165) is 22.6 Å². The van der Waals surface area contributed by atoms with Crippen LogP contribution in [0.3, 0.4) is 0 Å². The maximum Gasteiger partial charge on any atom is 0.250 e. The molecule has 1 heterocycles. The van der Waals surface area contributed by atoms with Crippen LogP contribution in [0.5, 0.6) is 0 Å². The highest BCUT2D eigenvalue weighted by Gasteiger charge is 2.06. The Morgan fingerprint density at radius 2 is 1.85 bits per heavy atom. The molecule has 1 aromatic heterocycles. The minimum absolute atomic E-state index is 0.194. The maximum atomic E-state index is 12.1. The SMILES string of the molecule is Cc1c(Cl)cccc1NC(=S)NC(=O)/C=C/c1ccc(-c2ccccc2)o1.